The molecule has 4 heteroatoms. The number of hydrogen-bond donors (Lipinski definition) is 2. The summed E-state index contributed by atoms with van der Waals surface area (Å²) < 4.78 is 0. The minimum absolute atomic E-state index is 0.0926. The van der Waals surface area contributed by atoms with E-state index in [0.717, 1.165) is 31.7 Å². The number of benzene rings is 1. The molecule has 98 valence electrons. The molecule has 1 aliphatic heterocycles. The smallest absolute Gasteiger partial charge is 0.224 e. The lowest BCUT2D eigenvalue weighted by Crippen LogP contribution is -2.43. The van der Waals surface area contributed by atoms with Crippen LogP contribution in [0.5, 0.6) is 0 Å². The first kappa shape index (κ1) is 12.9. The fraction of sp³-hybridized carbons (Fsp3) is 0.500. The van der Waals surface area contributed by atoms with Gasteiger partial charge < -0.3 is 15.5 Å². The third-order valence-electron chi connectivity index (χ3n) is 3.13. The van der Waals surface area contributed by atoms with Crippen LogP contribution in [0.4, 0.5) is 5.69 Å². The summed E-state index contributed by atoms with van der Waals surface area (Å²) in [7, 11) is 0. The van der Waals surface area contributed by atoms with Crippen LogP contribution in [0.15, 0.2) is 24.3 Å². The molecule has 4 nitrogen and oxygen atoms in total. The highest BCUT2D eigenvalue weighted by molar-refractivity contribution is 5.78. The van der Waals surface area contributed by atoms with Crippen molar-refractivity contribution in [2.24, 2.45) is 0 Å². The van der Waals surface area contributed by atoms with E-state index >= 15 is 0 Å². The van der Waals surface area contributed by atoms with Crippen molar-refractivity contribution in [3.05, 3.63) is 29.8 Å². The summed E-state index contributed by atoms with van der Waals surface area (Å²) in [6.07, 6.45) is 0.466. The standard InChI is InChI=1S/C14H21N3O/c1-2-16-14(18)11-12-4-3-5-13(10-12)17-8-6-15-7-9-17/h3-5,10,15H,2,6-9,11H2,1H3,(H,16,18). The minimum atomic E-state index is 0.0926. The van der Waals surface area contributed by atoms with E-state index in [0.29, 0.717) is 13.0 Å². The maximum atomic E-state index is 11.6. The van der Waals surface area contributed by atoms with E-state index in [2.05, 4.69) is 27.7 Å². The molecule has 18 heavy (non-hydrogen) atoms. The highest BCUT2D eigenvalue weighted by Crippen LogP contribution is 2.17. The average Bonchev–Trinajstić information content (AvgIpc) is 2.40. The van der Waals surface area contributed by atoms with Crippen molar-refractivity contribution in [3.8, 4) is 0 Å². The molecule has 0 bridgehead atoms. The number of hydrogen-bond acceptors (Lipinski definition) is 3. The van der Waals surface area contributed by atoms with E-state index in [-0.39, 0.29) is 5.91 Å². The number of carbonyl (C=O) groups excluding carboxylic acids is 1. The molecule has 1 amide bonds. The van der Waals surface area contributed by atoms with Gasteiger partial charge in [-0.3, -0.25) is 4.79 Å². The predicted octanol–water partition coefficient (Wildman–Crippen LogP) is 0.775. The molecule has 2 N–H and O–H groups in total. The molecule has 0 atom stereocenters. The molecule has 1 aliphatic rings. The van der Waals surface area contributed by atoms with E-state index in [1.165, 1.54) is 5.69 Å². The van der Waals surface area contributed by atoms with Crippen LogP contribution in [-0.4, -0.2) is 38.6 Å². The van der Waals surface area contributed by atoms with Crippen molar-refractivity contribution in [2.75, 3.05) is 37.6 Å². The lowest BCUT2D eigenvalue weighted by molar-refractivity contribution is -0.120. The van der Waals surface area contributed by atoms with Crippen LogP contribution in [0.3, 0.4) is 0 Å². The number of piperazine rings is 1. The van der Waals surface area contributed by atoms with Crippen LogP contribution in [0, 0.1) is 0 Å². The molecule has 0 spiro atoms. The molecule has 0 unspecified atom stereocenters. The van der Waals surface area contributed by atoms with Crippen LogP contribution < -0.4 is 15.5 Å². The molecule has 1 saturated heterocycles. The summed E-state index contributed by atoms with van der Waals surface area (Å²) >= 11 is 0. The molecule has 1 heterocycles. The van der Waals surface area contributed by atoms with Crippen molar-refractivity contribution in [2.45, 2.75) is 13.3 Å². The number of rotatable bonds is 4. The van der Waals surface area contributed by atoms with Crippen molar-refractivity contribution >= 4 is 11.6 Å². The number of nitrogens with zero attached hydrogens (tertiary/aromatic N) is 1. The third-order valence-corrected chi connectivity index (χ3v) is 3.13. The summed E-state index contributed by atoms with van der Waals surface area (Å²) in [6.45, 7) is 6.75. The molecular weight excluding hydrogens is 226 g/mol. The second kappa shape index (κ2) is 6.40. The normalized spacial score (nSPS) is 15.5. The van der Waals surface area contributed by atoms with Gasteiger partial charge in [0, 0.05) is 38.4 Å². The molecular formula is C14H21N3O. The van der Waals surface area contributed by atoms with Crippen LogP contribution in [0.25, 0.3) is 0 Å². The molecule has 0 aliphatic carbocycles. The van der Waals surface area contributed by atoms with Gasteiger partial charge in [-0.05, 0) is 24.6 Å². The van der Waals surface area contributed by atoms with Crippen LogP contribution >= 0.6 is 0 Å². The number of carbonyl (C=O) groups is 1. The lowest BCUT2D eigenvalue weighted by atomic mass is 10.1. The van der Waals surface area contributed by atoms with Crippen LogP contribution in [0.1, 0.15) is 12.5 Å². The first-order valence-electron chi connectivity index (χ1n) is 6.61. The quantitative estimate of drug-likeness (QED) is 0.826. The first-order valence-corrected chi connectivity index (χ1v) is 6.61. The van der Waals surface area contributed by atoms with Crippen molar-refractivity contribution in [3.63, 3.8) is 0 Å². The minimum Gasteiger partial charge on any atom is -0.369 e. The van der Waals surface area contributed by atoms with Gasteiger partial charge in [-0.25, -0.2) is 0 Å². The van der Waals surface area contributed by atoms with Gasteiger partial charge in [0.2, 0.25) is 5.91 Å². The second-order valence-electron chi connectivity index (χ2n) is 4.54. The largest absolute Gasteiger partial charge is 0.369 e. The fourth-order valence-electron chi connectivity index (χ4n) is 2.23. The van der Waals surface area contributed by atoms with E-state index in [1.54, 1.807) is 0 Å². The Morgan fingerprint density at radius 2 is 2.17 bits per heavy atom. The Kier molecular flexibility index (Phi) is 4.59. The van der Waals surface area contributed by atoms with Gasteiger partial charge >= 0.3 is 0 Å². The number of anilines is 1. The van der Waals surface area contributed by atoms with E-state index in [9.17, 15) is 4.79 Å². The fourth-order valence-corrected chi connectivity index (χ4v) is 2.23. The Hall–Kier alpha value is -1.55. The number of amides is 1. The Bertz CT molecular complexity index is 400. The topological polar surface area (TPSA) is 44.4 Å². The SMILES string of the molecule is CCNC(=O)Cc1cccc(N2CCNCC2)c1. The third kappa shape index (κ3) is 3.47. The zero-order chi connectivity index (χ0) is 12.8. The monoisotopic (exact) mass is 247 g/mol. The molecule has 0 aromatic heterocycles. The highest BCUT2D eigenvalue weighted by atomic mass is 16.1. The Balaban J connectivity index is 2.02. The summed E-state index contributed by atoms with van der Waals surface area (Å²) in [4.78, 5) is 13.9. The Morgan fingerprint density at radius 3 is 2.89 bits per heavy atom. The second-order valence-corrected chi connectivity index (χ2v) is 4.54. The van der Waals surface area contributed by atoms with Crippen LogP contribution in [0.2, 0.25) is 0 Å². The first-order chi connectivity index (χ1) is 8.79. The van der Waals surface area contributed by atoms with Gasteiger partial charge in [-0.1, -0.05) is 12.1 Å². The molecule has 1 aromatic carbocycles. The number of nitrogens with one attached hydrogen (secondary N) is 2. The Morgan fingerprint density at radius 1 is 1.39 bits per heavy atom. The van der Waals surface area contributed by atoms with Crippen molar-refractivity contribution in [1.82, 2.24) is 10.6 Å². The predicted molar refractivity (Wildman–Crippen MR) is 73.9 cm³/mol. The van der Waals surface area contributed by atoms with Gasteiger partial charge in [-0.15, -0.1) is 0 Å². The van der Waals surface area contributed by atoms with E-state index in [4.69, 9.17) is 0 Å². The van der Waals surface area contributed by atoms with Gasteiger partial charge in [0.05, 0.1) is 6.42 Å². The summed E-state index contributed by atoms with van der Waals surface area (Å²) in [5.41, 5.74) is 2.30. The van der Waals surface area contributed by atoms with Crippen molar-refractivity contribution in [1.29, 1.82) is 0 Å². The lowest BCUT2D eigenvalue weighted by Gasteiger charge is -2.29. The maximum Gasteiger partial charge on any atom is 0.224 e. The zero-order valence-corrected chi connectivity index (χ0v) is 10.9. The number of likely N-dealkylation sites (N-methyl/N-ethyl adjacent to an activating group) is 1. The maximum absolute atomic E-state index is 11.6. The Labute approximate surface area is 108 Å². The molecule has 2 rings (SSSR count). The molecule has 1 fully saturated rings. The molecule has 1 aromatic rings. The summed E-state index contributed by atoms with van der Waals surface area (Å²) in [5, 5.41) is 6.17. The average molecular weight is 247 g/mol. The van der Waals surface area contributed by atoms with Gasteiger partial charge in [0.1, 0.15) is 0 Å². The summed E-state index contributed by atoms with van der Waals surface area (Å²) in [6, 6.07) is 8.29. The highest BCUT2D eigenvalue weighted by Gasteiger charge is 2.11. The van der Waals surface area contributed by atoms with E-state index < -0.39 is 0 Å². The zero-order valence-electron chi connectivity index (χ0n) is 10.9. The van der Waals surface area contributed by atoms with Gasteiger partial charge in [0.15, 0.2) is 0 Å². The van der Waals surface area contributed by atoms with Crippen molar-refractivity contribution < 1.29 is 4.79 Å². The van der Waals surface area contributed by atoms with Gasteiger partial charge in [0.25, 0.3) is 0 Å². The van der Waals surface area contributed by atoms with Crippen LogP contribution in [-0.2, 0) is 11.2 Å². The summed E-state index contributed by atoms with van der Waals surface area (Å²) in [5.74, 6) is 0.0926. The molecule has 0 radical (unpaired) electrons. The van der Waals surface area contributed by atoms with E-state index in [1.807, 2.05) is 19.1 Å². The molecule has 0 saturated carbocycles. The van der Waals surface area contributed by atoms with Gasteiger partial charge in [-0.2, -0.15) is 0 Å².